The van der Waals surface area contributed by atoms with E-state index < -0.39 is 0 Å². The van der Waals surface area contributed by atoms with Crippen LogP contribution >= 0.6 is 0 Å². The van der Waals surface area contributed by atoms with Crippen LogP contribution in [0.4, 0.5) is 0 Å². The Kier molecular flexibility index (Phi) is 4.79. The van der Waals surface area contributed by atoms with Gasteiger partial charge in [0.25, 0.3) is 0 Å². The number of aliphatic hydroxyl groups excluding tert-OH is 1. The van der Waals surface area contributed by atoms with Gasteiger partial charge in [0.1, 0.15) is 5.75 Å². The number of ether oxygens (including phenoxy) is 1. The van der Waals surface area contributed by atoms with Crippen molar-refractivity contribution in [3.8, 4) is 5.75 Å². The number of methoxy groups -OCH3 is 1. The SMILES string of the molecule is COc1cccc(C=CCCN2CC[C@@H](O)C2)c1. The largest absolute Gasteiger partial charge is 0.497 e. The van der Waals surface area contributed by atoms with E-state index in [0.29, 0.717) is 0 Å². The number of benzene rings is 1. The van der Waals surface area contributed by atoms with Gasteiger partial charge in [-0.2, -0.15) is 0 Å². The maximum atomic E-state index is 9.42. The Balaban J connectivity index is 1.76. The van der Waals surface area contributed by atoms with Crippen LogP contribution in [0.5, 0.6) is 5.75 Å². The summed E-state index contributed by atoms with van der Waals surface area (Å²) in [6.45, 7) is 2.87. The normalized spacial score (nSPS) is 20.7. The van der Waals surface area contributed by atoms with Gasteiger partial charge in [-0.15, -0.1) is 0 Å². The Morgan fingerprint density at radius 3 is 3.11 bits per heavy atom. The minimum absolute atomic E-state index is 0.118. The Labute approximate surface area is 109 Å². The molecule has 2 rings (SSSR count). The number of likely N-dealkylation sites (tertiary alicyclic amines) is 1. The summed E-state index contributed by atoms with van der Waals surface area (Å²) >= 11 is 0. The minimum Gasteiger partial charge on any atom is -0.497 e. The van der Waals surface area contributed by atoms with E-state index in [9.17, 15) is 5.11 Å². The molecule has 1 saturated heterocycles. The first-order valence-electron chi connectivity index (χ1n) is 6.49. The fraction of sp³-hybridized carbons (Fsp3) is 0.467. The van der Waals surface area contributed by atoms with Gasteiger partial charge in [-0.3, -0.25) is 0 Å². The average Bonchev–Trinajstić information content (AvgIpc) is 2.81. The van der Waals surface area contributed by atoms with Crippen molar-refractivity contribution >= 4 is 6.08 Å². The molecule has 1 N–H and O–H groups in total. The molecule has 0 aromatic heterocycles. The van der Waals surface area contributed by atoms with Gasteiger partial charge in [-0.25, -0.2) is 0 Å². The number of hydrogen-bond acceptors (Lipinski definition) is 3. The third kappa shape index (κ3) is 3.86. The summed E-state index contributed by atoms with van der Waals surface area (Å²) in [7, 11) is 1.68. The molecule has 1 aromatic carbocycles. The molecule has 1 aliphatic rings. The monoisotopic (exact) mass is 247 g/mol. The Hall–Kier alpha value is -1.32. The van der Waals surface area contributed by atoms with Crippen molar-refractivity contribution in [3.63, 3.8) is 0 Å². The smallest absolute Gasteiger partial charge is 0.119 e. The highest BCUT2D eigenvalue weighted by Gasteiger charge is 2.18. The fourth-order valence-electron chi connectivity index (χ4n) is 2.24. The highest BCUT2D eigenvalue weighted by Crippen LogP contribution is 2.14. The minimum atomic E-state index is -0.118. The standard InChI is InChI=1S/C15H21NO2/c1-18-15-7-4-6-13(11-15)5-2-3-9-16-10-8-14(17)12-16/h2,4-7,11,14,17H,3,8-10,12H2,1H3/t14-/m1/s1. The van der Waals surface area contributed by atoms with Crippen LogP contribution in [0.15, 0.2) is 30.3 Å². The lowest BCUT2D eigenvalue weighted by molar-refractivity contribution is 0.177. The highest BCUT2D eigenvalue weighted by molar-refractivity contribution is 5.51. The van der Waals surface area contributed by atoms with E-state index in [2.05, 4.69) is 23.1 Å². The van der Waals surface area contributed by atoms with Crippen molar-refractivity contribution in [2.24, 2.45) is 0 Å². The number of β-amino-alcohol motifs (C(OH)–C–C–N with tert-alkyl or cyclic N) is 1. The maximum Gasteiger partial charge on any atom is 0.119 e. The second-order valence-electron chi connectivity index (χ2n) is 4.71. The Morgan fingerprint density at radius 1 is 1.50 bits per heavy atom. The number of aliphatic hydroxyl groups is 1. The molecule has 1 aromatic rings. The van der Waals surface area contributed by atoms with E-state index in [-0.39, 0.29) is 6.10 Å². The van der Waals surface area contributed by atoms with Gasteiger partial charge in [-0.1, -0.05) is 24.3 Å². The fourth-order valence-corrected chi connectivity index (χ4v) is 2.24. The quantitative estimate of drug-likeness (QED) is 0.865. The first-order chi connectivity index (χ1) is 8.78. The molecular formula is C15H21NO2. The molecule has 1 aliphatic heterocycles. The molecule has 1 atom stereocenters. The third-order valence-electron chi connectivity index (χ3n) is 3.26. The van der Waals surface area contributed by atoms with Crippen LogP contribution in [0.2, 0.25) is 0 Å². The topological polar surface area (TPSA) is 32.7 Å². The maximum absolute atomic E-state index is 9.42. The van der Waals surface area contributed by atoms with Crippen molar-refractivity contribution in [2.75, 3.05) is 26.7 Å². The summed E-state index contributed by atoms with van der Waals surface area (Å²) in [5, 5.41) is 9.42. The summed E-state index contributed by atoms with van der Waals surface area (Å²) in [6.07, 6.45) is 6.12. The predicted octanol–water partition coefficient (Wildman–Crippen LogP) is 2.17. The van der Waals surface area contributed by atoms with Gasteiger partial charge in [0, 0.05) is 19.6 Å². The second kappa shape index (κ2) is 6.57. The highest BCUT2D eigenvalue weighted by atomic mass is 16.5. The molecule has 3 nitrogen and oxygen atoms in total. The van der Waals surface area contributed by atoms with E-state index >= 15 is 0 Å². The zero-order valence-corrected chi connectivity index (χ0v) is 10.9. The molecule has 0 bridgehead atoms. The van der Waals surface area contributed by atoms with Crippen LogP contribution in [0.3, 0.4) is 0 Å². The summed E-state index contributed by atoms with van der Waals surface area (Å²) < 4.78 is 5.18. The lowest BCUT2D eigenvalue weighted by atomic mass is 10.2. The second-order valence-corrected chi connectivity index (χ2v) is 4.71. The van der Waals surface area contributed by atoms with Crippen LogP contribution < -0.4 is 4.74 Å². The first-order valence-corrected chi connectivity index (χ1v) is 6.49. The van der Waals surface area contributed by atoms with Gasteiger partial charge in [0.2, 0.25) is 0 Å². The van der Waals surface area contributed by atoms with Crippen LogP contribution in [-0.4, -0.2) is 42.9 Å². The van der Waals surface area contributed by atoms with E-state index in [1.54, 1.807) is 7.11 Å². The Morgan fingerprint density at radius 2 is 2.39 bits per heavy atom. The molecule has 1 fully saturated rings. The van der Waals surface area contributed by atoms with Gasteiger partial charge >= 0.3 is 0 Å². The zero-order valence-electron chi connectivity index (χ0n) is 10.9. The summed E-state index contributed by atoms with van der Waals surface area (Å²) in [5.74, 6) is 0.889. The molecule has 1 heterocycles. The predicted molar refractivity (Wildman–Crippen MR) is 73.7 cm³/mol. The lowest BCUT2D eigenvalue weighted by Gasteiger charge is -2.12. The van der Waals surface area contributed by atoms with E-state index in [0.717, 1.165) is 43.8 Å². The van der Waals surface area contributed by atoms with Crippen molar-refractivity contribution in [3.05, 3.63) is 35.9 Å². The van der Waals surface area contributed by atoms with Crippen LogP contribution in [0.1, 0.15) is 18.4 Å². The molecule has 0 aliphatic carbocycles. The van der Waals surface area contributed by atoms with Crippen molar-refractivity contribution in [2.45, 2.75) is 18.9 Å². The number of rotatable bonds is 5. The van der Waals surface area contributed by atoms with Gasteiger partial charge in [-0.05, 0) is 30.5 Å². The molecule has 0 amide bonds. The van der Waals surface area contributed by atoms with E-state index in [1.165, 1.54) is 0 Å². The molecule has 0 unspecified atom stereocenters. The summed E-state index contributed by atoms with van der Waals surface area (Å²) in [4.78, 5) is 2.31. The summed E-state index contributed by atoms with van der Waals surface area (Å²) in [5.41, 5.74) is 1.16. The summed E-state index contributed by atoms with van der Waals surface area (Å²) in [6, 6.07) is 8.03. The third-order valence-corrected chi connectivity index (χ3v) is 3.26. The first kappa shape index (κ1) is 13.1. The van der Waals surface area contributed by atoms with Crippen molar-refractivity contribution < 1.29 is 9.84 Å². The Bertz CT molecular complexity index is 403. The number of hydrogen-bond donors (Lipinski definition) is 1. The molecule has 0 radical (unpaired) electrons. The van der Waals surface area contributed by atoms with Crippen LogP contribution in [-0.2, 0) is 0 Å². The molecule has 0 saturated carbocycles. The lowest BCUT2D eigenvalue weighted by Crippen LogP contribution is -2.22. The van der Waals surface area contributed by atoms with Crippen molar-refractivity contribution in [1.82, 2.24) is 4.90 Å². The van der Waals surface area contributed by atoms with Gasteiger partial charge < -0.3 is 14.7 Å². The van der Waals surface area contributed by atoms with Crippen molar-refractivity contribution in [1.29, 1.82) is 0 Å². The van der Waals surface area contributed by atoms with Gasteiger partial charge in [0.15, 0.2) is 0 Å². The van der Waals surface area contributed by atoms with E-state index in [4.69, 9.17) is 4.74 Å². The number of nitrogens with zero attached hydrogens (tertiary/aromatic N) is 1. The zero-order chi connectivity index (χ0) is 12.8. The molecule has 18 heavy (non-hydrogen) atoms. The molecule has 98 valence electrons. The molecular weight excluding hydrogens is 226 g/mol. The van der Waals surface area contributed by atoms with Gasteiger partial charge in [0.05, 0.1) is 13.2 Å². The van der Waals surface area contributed by atoms with E-state index in [1.807, 2.05) is 18.2 Å². The van der Waals surface area contributed by atoms with Crippen LogP contribution in [0.25, 0.3) is 6.08 Å². The van der Waals surface area contributed by atoms with Crippen LogP contribution in [0, 0.1) is 0 Å². The average molecular weight is 247 g/mol. The molecule has 3 heteroatoms. The molecule has 0 spiro atoms.